The van der Waals surface area contributed by atoms with E-state index in [0.29, 0.717) is 13.2 Å². The topological polar surface area (TPSA) is 52.6 Å². The number of unbranched alkanes of at least 4 members (excludes halogenated alkanes) is 7. The van der Waals surface area contributed by atoms with Gasteiger partial charge in [0, 0.05) is 0 Å². The van der Waals surface area contributed by atoms with E-state index in [0.717, 1.165) is 50.9 Å². The second kappa shape index (κ2) is 15.8. The lowest BCUT2D eigenvalue weighted by Crippen LogP contribution is -2.28. The van der Waals surface area contributed by atoms with Gasteiger partial charge in [-0.25, -0.2) is 0 Å². The zero-order valence-corrected chi connectivity index (χ0v) is 18.7. The third-order valence-electron chi connectivity index (χ3n) is 5.76. The summed E-state index contributed by atoms with van der Waals surface area (Å²) in [5, 5.41) is 0. The average molecular weight is 397 g/mol. The van der Waals surface area contributed by atoms with Crippen LogP contribution in [0.2, 0.25) is 0 Å². The average Bonchev–Trinajstić information content (AvgIpc) is 2.69. The molecule has 4 heteroatoms. The number of ether oxygens (including phenoxy) is 2. The van der Waals surface area contributed by atoms with Gasteiger partial charge >= 0.3 is 11.9 Å². The largest absolute Gasteiger partial charge is 0.465 e. The SMILES string of the molecule is CCCOC(=O)C1CCC(C(=O)OCCCCCCCCCCC(C)C)CC1. The molecule has 1 rings (SSSR count). The summed E-state index contributed by atoms with van der Waals surface area (Å²) >= 11 is 0. The summed E-state index contributed by atoms with van der Waals surface area (Å²) in [6.07, 6.45) is 15.3. The third kappa shape index (κ3) is 11.7. The van der Waals surface area contributed by atoms with Crippen LogP contribution in [-0.4, -0.2) is 25.2 Å². The van der Waals surface area contributed by atoms with E-state index in [1.165, 1.54) is 44.9 Å². The van der Waals surface area contributed by atoms with Crippen LogP contribution in [0.3, 0.4) is 0 Å². The van der Waals surface area contributed by atoms with Crippen LogP contribution in [0.5, 0.6) is 0 Å². The van der Waals surface area contributed by atoms with Gasteiger partial charge in [-0.05, 0) is 44.4 Å². The molecule has 28 heavy (non-hydrogen) atoms. The molecule has 0 bridgehead atoms. The molecule has 0 atom stereocenters. The fraction of sp³-hybridized carbons (Fsp3) is 0.917. The molecule has 0 aliphatic heterocycles. The lowest BCUT2D eigenvalue weighted by atomic mass is 9.82. The summed E-state index contributed by atoms with van der Waals surface area (Å²) in [6.45, 7) is 7.63. The number of esters is 2. The molecule has 1 aliphatic rings. The van der Waals surface area contributed by atoms with Crippen molar-refractivity contribution < 1.29 is 19.1 Å². The van der Waals surface area contributed by atoms with E-state index in [2.05, 4.69) is 13.8 Å². The van der Waals surface area contributed by atoms with Gasteiger partial charge in [0.15, 0.2) is 0 Å². The Morgan fingerprint density at radius 2 is 1.14 bits per heavy atom. The van der Waals surface area contributed by atoms with Gasteiger partial charge in [0.05, 0.1) is 25.0 Å². The summed E-state index contributed by atoms with van der Waals surface area (Å²) in [5.41, 5.74) is 0. The lowest BCUT2D eigenvalue weighted by Gasteiger charge is -2.25. The molecular formula is C24H44O4. The van der Waals surface area contributed by atoms with Crippen molar-refractivity contribution in [3.8, 4) is 0 Å². The first kappa shape index (κ1) is 25.0. The molecule has 0 aromatic rings. The van der Waals surface area contributed by atoms with Gasteiger partial charge in [-0.2, -0.15) is 0 Å². The summed E-state index contributed by atoms with van der Waals surface area (Å²) in [4.78, 5) is 24.1. The molecule has 0 spiro atoms. The molecule has 0 aromatic heterocycles. The molecule has 0 unspecified atom stereocenters. The van der Waals surface area contributed by atoms with Gasteiger partial charge in [0.1, 0.15) is 0 Å². The van der Waals surface area contributed by atoms with Crippen LogP contribution in [-0.2, 0) is 19.1 Å². The van der Waals surface area contributed by atoms with Crippen molar-refractivity contribution in [3.05, 3.63) is 0 Å². The highest BCUT2D eigenvalue weighted by atomic mass is 16.5. The molecule has 1 saturated carbocycles. The maximum atomic E-state index is 12.2. The van der Waals surface area contributed by atoms with Crippen LogP contribution in [0.1, 0.15) is 111 Å². The van der Waals surface area contributed by atoms with Crippen molar-refractivity contribution in [2.45, 2.75) is 111 Å². The fourth-order valence-corrected chi connectivity index (χ4v) is 3.89. The first-order valence-corrected chi connectivity index (χ1v) is 11.9. The predicted molar refractivity (Wildman–Crippen MR) is 114 cm³/mol. The van der Waals surface area contributed by atoms with Gasteiger partial charge in [-0.15, -0.1) is 0 Å². The molecule has 0 aromatic carbocycles. The Morgan fingerprint density at radius 3 is 1.61 bits per heavy atom. The van der Waals surface area contributed by atoms with Crippen LogP contribution >= 0.6 is 0 Å². The van der Waals surface area contributed by atoms with E-state index >= 15 is 0 Å². The maximum Gasteiger partial charge on any atom is 0.308 e. The second-order valence-corrected chi connectivity index (χ2v) is 8.89. The Kier molecular flexibility index (Phi) is 14.1. The number of hydrogen-bond donors (Lipinski definition) is 0. The highest BCUT2D eigenvalue weighted by Crippen LogP contribution is 2.30. The Hall–Kier alpha value is -1.06. The van der Waals surface area contributed by atoms with Crippen LogP contribution in [0.25, 0.3) is 0 Å². The smallest absolute Gasteiger partial charge is 0.308 e. The van der Waals surface area contributed by atoms with E-state index in [4.69, 9.17) is 9.47 Å². The lowest BCUT2D eigenvalue weighted by molar-refractivity contribution is -0.155. The normalized spacial score (nSPS) is 19.6. The molecule has 0 N–H and O–H groups in total. The molecule has 0 heterocycles. The first-order chi connectivity index (χ1) is 13.5. The van der Waals surface area contributed by atoms with Crippen LogP contribution < -0.4 is 0 Å². The quantitative estimate of drug-likeness (QED) is 0.235. The standard InChI is InChI=1S/C24H44O4/c1-4-18-27-23(25)21-14-16-22(17-15-21)24(26)28-19-12-10-8-6-5-7-9-11-13-20(2)3/h20-22H,4-19H2,1-3H3. The first-order valence-electron chi connectivity index (χ1n) is 11.9. The van der Waals surface area contributed by atoms with Gasteiger partial charge in [0.2, 0.25) is 0 Å². The minimum absolute atomic E-state index is 0.0268. The zero-order valence-electron chi connectivity index (χ0n) is 18.7. The Morgan fingerprint density at radius 1 is 0.714 bits per heavy atom. The maximum absolute atomic E-state index is 12.2. The van der Waals surface area contributed by atoms with Crippen LogP contribution in [0.4, 0.5) is 0 Å². The minimum Gasteiger partial charge on any atom is -0.465 e. The Balaban J connectivity index is 1.95. The highest BCUT2D eigenvalue weighted by molar-refractivity contribution is 5.75. The molecule has 1 aliphatic carbocycles. The monoisotopic (exact) mass is 396 g/mol. The van der Waals surface area contributed by atoms with Crippen molar-refractivity contribution >= 4 is 11.9 Å². The van der Waals surface area contributed by atoms with Crippen LogP contribution in [0, 0.1) is 17.8 Å². The molecule has 164 valence electrons. The molecule has 0 saturated heterocycles. The van der Waals surface area contributed by atoms with E-state index in [-0.39, 0.29) is 23.8 Å². The Labute approximate surface area is 173 Å². The van der Waals surface area contributed by atoms with Crippen molar-refractivity contribution in [1.82, 2.24) is 0 Å². The van der Waals surface area contributed by atoms with Gasteiger partial charge in [0.25, 0.3) is 0 Å². The molecule has 1 fully saturated rings. The zero-order chi connectivity index (χ0) is 20.6. The predicted octanol–water partition coefficient (Wildman–Crippen LogP) is 6.46. The van der Waals surface area contributed by atoms with E-state index in [1.54, 1.807) is 0 Å². The second-order valence-electron chi connectivity index (χ2n) is 8.89. The van der Waals surface area contributed by atoms with Gasteiger partial charge in [-0.1, -0.05) is 72.1 Å². The molecule has 4 nitrogen and oxygen atoms in total. The summed E-state index contributed by atoms with van der Waals surface area (Å²) < 4.78 is 10.7. The van der Waals surface area contributed by atoms with E-state index < -0.39 is 0 Å². The molecule has 0 amide bonds. The van der Waals surface area contributed by atoms with E-state index in [9.17, 15) is 9.59 Å². The molecular weight excluding hydrogens is 352 g/mol. The van der Waals surface area contributed by atoms with E-state index in [1.807, 2.05) is 6.92 Å². The highest BCUT2D eigenvalue weighted by Gasteiger charge is 2.31. The summed E-state index contributed by atoms with van der Waals surface area (Å²) in [5.74, 6) is 0.626. The van der Waals surface area contributed by atoms with Crippen molar-refractivity contribution in [2.75, 3.05) is 13.2 Å². The third-order valence-corrected chi connectivity index (χ3v) is 5.76. The Bertz CT molecular complexity index is 411. The van der Waals surface area contributed by atoms with Crippen molar-refractivity contribution in [2.24, 2.45) is 17.8 Å². The number of carbonyl (C=O) groups excluding carboxylic acids is 2. The molecule has 0 radical (unpaired) electrons. The summed E-state index contributed by atoms with van der Waals surface area (Å²) in [6, 6.07) is 0. The number of carbonyl (C=O) groups is 2. The van der Waals surface area contributed by atoms with Gasteiger partial charge < -0.3 is 9.47 Å². The number of rotatable bonds is 15. The van der Waals surface area contributed by atoms with Crippen molar-refractivity contribution in [3.63, 3.8) is 0 Å². The minimum atomic E-state index is -0.0893. The number of hydrogen-bond acceptors (Lipinski definition) is 4. The van der Waals surface area contributed by atoms with Gasteiger partial charge in [-0.3, -0.25) is 9.59 Å². The summed E-state index contributed by atoms with van der Waals surface area (Å²) in [7, 11) is 0. The fourth-order valence-electron chi connectivity index (χ4n) is 3.89. The van der Waals surface area contributed by atoms with Crippen molar-refractivity contribution in [1.29, 1.82) is 0 Å². The van der Waals surface area contributed by atoms with Crippen LogP contribution in [0.15, 0.2) is 0 Å².